The van der Waals surface area contributed by atoms with Crippen LogP contribution in [0.2, 0.25) is 0 Å². The molecule has 0 saturated carbocycles. The lowest BCUT2D eigenvalue weighted by molar-refractivity contribution is -0.847. The third-order valence-corrected chi connectivity index (χ3v) is 7.00. The molecule has 30 heavy (non-hydrogen) atoms. The molecule has 2 aromatic rings. The molecule has 3 rings (SSSR count). The molecule has 0 fully saturated rings. The molecule has 0 radical (unpaired) electrons. The molecule has 0 aliphatic carbocycles. The minimum Gasteiger partial charge on any atom is -1.00 e. The molecule has 2 aromatic carbocycles. The van der Waals surface area contributed by atoms with Crippen LogP contribution in [0.1, 0.15) is 42.1 Å². The molecule has 6 heteroatoms. The summed E-state index contributed by atoms with van der Waals surface area (Å²) in [7, 11) is -3.37. The predicted molar refractivity (Wildman–Crippen MR) is 116 cm³/mol. The highest BCUT2D eigenvalue weighted by molar-refractivity contribution is 7.91. The van der Waals surface area contributed by atoms with Gasteiger partial charge >= 0.3 is 0 Å². The molecule has 1 unspecified atom stereocenters. The number of carbonyl (C=O) groups excluding carboxylic acids is 1. The van der Waals surface area contributed by atoms with Gasteiger partial charge in [0.25, 0.3) is 0 Å². The summed E-state index contributed by atoms with van der Waals surface area (Å²) in [5.41, 5.74) is 2.77. The first-order valence-corrected chi connectivity index (χ1v) is 11.6. The van der Waals surface area contributed by atoms with Crippen LogP contribution in [0, 0.1) is 0 Å². The largest absolute Gasteiger partial charge is 1.00 e. The Morgan fingerprint density at radius 3 is 2.33 bits per heavy atom. The molecule has 1 aliphatic rings. The van der Waals surface area contributed by atoms with Crippen molar-refractivity contribution in [3.8, 4) is 0 Å². The van der Waals surface area contributed by atoms with Crippen molar-refractivity contribution in [2.45, 2.75) is 31.1 Å². The second-order valence-corrected chi connectivity index (χ2v) is 9.80. The van der Waals surface area contributed by atoms with Gasteiger partial charge in [0.05, 0.1) is 10.6 Å². The summed E-state index contributed by atoms with van der Waals surface area (Å²) in [6.45, 7) is 5.18. The summed E-state index contributed by atoms with van der Waals surface area (Å²) in [5.74, 6) is 0.468. The van der Waals surface area contributed by atoms with E-state index in [-0.39, 0.29) is 28.5 Å². The molecule has 1 aliphatic heterocycles. The van der Waals surface area contributed by atoms with Crippen LogP contribution >= 0.6 is 0 Å². The number of hydrogen-bond acceptors (Lipinski definition) is 3. The van der Waals surface area contributed by atoms with Crippen molar-refractivity contribution in [2.24, 2.45) is 0 Å². The van der Waals surface area contributed by atoms with Gasteiger partial charge in [-0.1, -0.05) is 62.4 Å². The second kappa shape index (κ2) is 10.8. The van der Waals surface area contributed by atoms with Gasteiger partial charge in [0.1, 0.15) is 18.8 Å². The molecular weight excluding hydrogens is 462 g/mol. The Balaban J connectivity index is 0.00000320. The van der Waals surface area contributed by atoms with Crippen LogP contribution in [0.4, 0.5) is 0 Å². The number of sulfone groups is 1. The summed E-state index contributed by atoms with van der Waals surface area (Å²) < 4.78 is 25.6. The van der Waals surface area contributed by atoms with Crippen LogP contribution in [0.15, 0.2) is 83.4 Å². The number of Topliss-reactive ketones (excluding diaryl/α,β-unsaturated/α-hetero) is 1. The van der Waals surface area contributed by atoms with Crippen LogP contribution in [0.5, 0.6) is 0 Å². The Labute approximate surface area is 190 Å². The monoisotopic (exact) mass is 489 g/mol. The van der Waals surface area contributed by atoms with Gasteiger partial charge in [-0.15, -0.1) is 0 Å². The molecule has 0 aromatic heterocycles. The maximum Gasteiger partial charge on any atom is 0.217 e. The average Bonchev–Trinajstić information content (AvgIpc) is 2.74. The van der Waals surface area contributed by atoms with E-state index in [0.717, 1.165) is 16.2 Å². The molecular formula is C24H28BrNO3S. The summed E-state index contributed by atoms with van der Waals surface area (Å²) >= 11 is 0. The number of rotatable bonds is 8. The number of benzene rings is 2. The van der Waals surface area contributed by atoms with Gasteiger partial charge in [-0.3, -0.25) is 9.69 Å². The van der Waals surface area contributed by atoms with E-state index in [0.29, 0.717) is 35.9 Å². The zero-order chi connectivity index (χ0) is 20.9. The molecule has 0 saturated heterocycles. The topological polar surface area (TPSA) is 55.6 Å². The maximum atomic E-state index is 12.8. The first-order chi connectivity index (χ1) is 13.9. The number of carbonyl (C=O) groups is 1. The van der Waals surface area contributed by atoms with Gasteiger partial charge in [0, 0.05) is 12.0 Å². The van der Waals surface area contributed by atoms with Gasteiger partial charge in [0.15, 0.2) is 9.84 Å². The zero-order valence-corrected chi connectivity index (χ0v) is 19.7. The summed E-state index contributed by atoms with van der Waals surface area (Å²) in [6, 6.07) is 16.4. The van der Waals surface area contributed by atoms with E-state index >= 15 is 0 Å². The fourth-order valence-corrected chi connectivity index (χ4v) is 4.71. The van der Waals surface area contributed by atoms with Crippen molar-refractivity contribution in [3.05, 3.63) is 89.6 Å². The molecule has 1 heterocycles. The lowest BCUT2D eigenvalue weighted by atomic mass is 10.0. The number of nitrogens with one attached hydrogen (secondary N) is 1. The highest BCUT2D eigenvalue weighted by Crippen LogP contribution is 2.19. The van der Waals surface area contributed by atoms with E-state index in [1.165, 1.54) is 0 Å². The minimum atomic E-state index is -3.37. The number of ketones is 1. The van der Waals surface area contributed by atoms with E-state index in [1.807, 2.05) is 60.7 Å². The summed E-state index contributed by atoms with van der Waals surface area (Å²) in [5, 5.41) is 0. The maximum absolute atomic E-state index is 12.8. The highest BCUT2D eigenvalue weighted by Gasteiger charge is 2.24. The van der Waals surface area contributed by atoms with Crippen molar-refractivity contribution >= 4 is 15.6 Å². The van der Waals surface area contributed by atoms with Crippen LogP contribution in [-0.4, -0.2) is 33.0 Å². The highest BCUT2D eigenvalue weighted by atomic mass is 79.9. The number of hydrogen-bond donors (Lipinski definition) is 1. The zero-order valence-electron chi connectivity index (χ0n) is 17.3. The van der Waals surface area contributed by atoms with Gasteiger partial charge in [0.2, 0.25) is 5.78 Å². The van der Waals surface area contributed by atoms with Gasteiger partial charge in [-0.05, 0) is 35.8 Å². The Hall–Kier alpha value is -2.02. The molecule has 160 valence electrons. The predicted octanol–water partition coefficient (Wildman–Crippen LogP) is 0.199. The standard InChI is InChI=1S/C24H27NO3S.BrH/c1-19(2)20-11-13-23(14-12-20)29(27,28)17-15-22-10-6-7-16-25(22)18-24(26)21-8-4-3-5-9-21;/h3-14,19H,15-18H2,1-2H3;1H. The third kappa shape index (κ3) is 6.24. The number of quaternary nitrogens is 1. The quantitative estimate of drug-likeness (QED) is 0.539. The first kappa shape index (κ1) is 24.3. The molecule has 0 bridgehead atoms. The molecule has 1 N–H and O–H groups in total. The van der Waals surface area contributed by atoms with E-state index in [1.54, 1.807) is 12.1 Å². The Kier molecular flexibility index (Phi) is 8.77. The summed E-state index contributed by atoms with van der Waals surface area (Å²) in [4.78, 5) is 13.9. The molecule has 0 amide bonds. The fraction of sp³-hybridized carbons (Fsp3) is 0.292. The smallest absolute Gasteiger partial charge is 0.217 e. The van der Waals surface area contributed by atoms with Crippen LogP contribution in [0.3, 0.4) is 0 Å². The van der Waals surface area contributed by atoms with Crippen molar-refractivity contribution in [1.29, 1.82) is 0 Å². The molecule has 0 spiro atoms. The molecule has 1 atom stereocenters. The van der Waals surface area contributed by atoms with Gasteiger partial charge in [-0.25, -0.2) is 8.42 Å². The van der Waals surface area contributed by atoms with Crippen LogP contribution in [0.25, 0.3) is 0 Å². The third-order valence-electron chi connectivity index (χ3n) is 5.27. The van der Waals surface area contributed by atoms with Crippen LogP contribution in [-0.2, 0) is 9.84 Å². The van der Waals surface area contributed by atoms with Crippen LogP contribution < -0.4 is 21.9 Å². The SMILES string of the molecule is CC(C)c1ccc(S(=O)(=O)CCC2=CC=CC[NH+]2CC(=O)c2ccccc2)cc1.[Br-]. The summed E-state index contributed by atoms with van der Waals surface area (Å²) in [6.07, 6.45) is 6.30. The average molecular weight is 490 g/mol. The Morgan fingerprint density at radius 1 is 1.03 bits per heavy atom. The lowest BCUT2D eigenvalue weighted by Gasteiger charge is -2.22. The van der Waals surface area contributed by atoms with Crippen molar-refractivity contribution < 1.29 is 35.1 Å². The van der Waals surface area contributed by atoms with Crippen molar-refractivity contribution in [1.82, 2.24) is 0 Å². The molecule has 4 nitrogen and oxygen atoms in total. The number of halogens is 1. The first-order valence-electron chi connectivity index (χ1n) is 9.98. The lowest BCUT2D eigenvalue weighted by Crippen LogP contribution is -3.11. The van der Waals surface area contributed by atoms with E-state index in [2.05, 4.69) is 13.8 Å². The Bertz CT molecular complexity index is 1010. The van der Waals surface area contributed by atoms with E-state index in [9.17, 15) is 13.2 Å². The second-order valence-electron chi connectivity index (χ2n) is 7.69. The van der Waals surface area contributed by atoms with E-state index < -0.39 is 9.84 Å². The van der Waals surface area contributed by atoms with Crippen molar-refractivity contribution in [2.75, 3.05) is 18.8 Å². The van der Waals surface area contributed by atoms with Gasteiger partial charge in [-0.2, -0.15) is 0 Å². The van der Waals surface area contributed by atoms with Gasteiger partial charge < -0.3 is 17.0 Å². The van der Waals surface area contributed by atoms with E-state index in [4.69, 9.17) is 0 Å². The fourth-order valence-electron chi connectivity index (χ4n) is 3.43. The Morgan fingerprint density at radius 2 is 1.70 bits per heavy atom. The normalized spacial score (nSPS) is 16.1. The number of allylic oxidation sites excluding steroid dienone is 3. The minimum absolute atomic E-state index is 0. The van der Waals surface area contributed by atoms with Crippen molar-refractivity contribution in [3.63, 3.8) is 0 Å².